The third kappa shape index (κ3) is 3.46. The number of rotatable bonds is 5. The van der Waals surface area contributed by atoms with Crippen LogP contribution >= 0.6 is 11.8 Å². The molecule has 0 N–H and O–H groups in total. The van der Waals surface area contributed by atoms with Gasteiger partial charge >= 0.3 is 0 Å². The number of fused-ring (bicyclic) bond motifs is 1. The molecule has 0 bridgehead atoms. The van der Waals surface area contributed by atoms with E-state index in [1.165, 1.54) is 6.42 Å². The Kier molecular flexibility index (Phi) is 4.32. The molecule has 3 heterocycles. The Morgan fingerprint density at radius 1 is 1.42 bits per heavy atom. The van der Waals surface area contributed by atoms with Crippen LogP contribution < -0.4 is 0 Å². The van der Waals surface area contributed by atoms with Crippen LogP contribution in [0, 0.1) is 0 Å². The molecule has 0 aliphatic carbocycles. The quantitative estimate of drug-likeness (QED) is 0.621. The van der Waals surface area contributed by atoms with Gasteiger partial charge < -0.3 is 9.47 Å². The molecule has 2 aromatic rings. The molecule has 1 aliphatic rings. The fourth-order valence-electron chi connectivity index (χ4n) is 2.04. The van der Waals surface area contributed by atoms with Crippen LogP contribution in [0.3, 0.4) is 0 Å². The predicted molar refractivity (Wildman–Crippen MR) is 73.3 cm³/mol. The van der Waals surface area contributed by atoms with Crippen molar-refractivity contribution >= 4 is 17.4 Å². The first-order valence-corrected chi connectivity index (χ1v) is 7.57. The zero-order valence-corrected chi connectivity index (χ0v) is 11.5. The SMILES string of the molecule is c1cn2nc(SCCOC3CCCCO3)ccc2n1. The lowest BCUT2D eigenvalue weighted by atomic mass is 10.2. The molecule has 1 saturated heterocycles. The summed E-state index contributed by atoms with van der Waals surface area (Å²) in [6, 6.07) is 3.96. The van der Waals surface area contributed by atoms with Crippen LogP contribution in [0.2, 0.25) is 0 Å². The summed E-state index contributed by atoms with van der Waals surface area (Å²) in [5, 5.41) is 5.43. The van der Waals surface area contributed by atoms with E-state index < -0.39 is 0 Å². The van der Waals surface area contributed by atoms with Gasteiger partial charge in [0.2, 0.25) is 0 Å². The van der Waals surface area contributed by atoms with Crippen molar-refractivity contribution in [2.45, 2.75) is 30.6 Å². The Bertz CT molecular complexity index is 525. The summed E-state index contributed by atoms with van der Waals surface area (Å²) >= 11 is 1.69. The molecule has 6 heteroatoms. The molecule has 0 aromatic carbocycles. The minimum absolute atomic E-state index is 0.00145. The maximum absolute atomic E-state index is 5.69. The van der Waals surface area contributed by atoms with Gasteiger partial charge in [0.15, 0.2) is 11.9 Å². The van der Waals surface area contributed by atoms with Gasteiger partial charge in [0.1, 0.15) is 5.03 Å². The highest BCUT2D eigenvalue weighted by Crippen LogP contribution is 2.17. The van der Waals surface area contributed by atoms with E-state index >= 15 is 0 Å². The minimum Gasteiger partial charge on any atom is -0.353 e. The molecule has 1 fully saturated rings. The lowest BCUT2D eigenvalue weighted by Gasteiger charge is -2.22. The fraction of sp³-hybridized carbons (Fsp3) is 0.538. The Hall–Kier alpha value is -1.11. The minimum atomic E-state index is -0.00145. The normalized spacial score (nSPS) is 19.9. The Labute approximate surface area is 116 Å². The average molecular weight is 279 g/mol. The maximum atomic E-state index is 5.69. The Balaban J connectivity index is 1.43. The molecule has 1 unspecified atom stereocenters. The standard InChI is InChI=1S/C13H17N3O2S/c1-2-8-17-13(3-1)18-9-10-19-12-5-4-11-14-6-7-16(11)15-12/h4-7,13H,1-3,8-10H2. The van der Waals surface area contributed by atoms with Crippen molar-refractivity contribution in [3.63, 3.8) is 0 Å². The molecular formula is C13H17N3O2S. The predicted octanol–water partition coefficient (Wildman–Crippen LogP) is 2.36. The Morgan fingerprint density at radius 2 is 2.42 bits per heavy atom. The monoisotopic (exact) mass is 279 g/mol. The van der Waals surface area contributed by atoms with E-state index in [-0.39, 0.29) is 6.29 Å². The first kappa shape index (κ1) is 12.9. The van der Waals surface area contributed by atoms with Gasteiger partial charge in [-0.15, -0.1) is 11.8 Å². The van der Waals surface area contributed by atoms with Gasteiger partial charge in [-0.2, -0.15) is 5.10 Å². The number of ether oxygens (including phenoxy) is 2. The van der Waals surface area contributed by atoms with Crippen molar-refractivity contribution in [2.24, 2.45) is 0 Å². The number of thioether (sulfide) groups is 1. The molecular weight excluding hydrogens is 262 g/mol. The van der Waals surface area contributed by atoms with E-state index in [0.717, 1.165) is 35.9 Å². The van der Waals surface area contributed by atoms with E-state index in [1.54, 1.807) is 22.5 Å². The highest BCUT2D eigenvalue weighted by Gasteiger charge is 2.13. The third-order valence-corrected chi connectivity index (χ3v) is 3.89. The van der Waals surface area contributed by atoms with Gasteiger partial charge in [0, 0.05) is 24.8 Å². The number of hydrogen-bond acceptors (Lipinski definition) is 5. The van der Waals surface area contributed by atoms with Crippen molar-refractivity contribution in [2.75, 3.05) is 19.0 Å². The smallest absolute Gasteiger partial charge is 0.157 e. The molecule has 0 spiro atoms. The fourth-order valence-corrected chi connectivity index (χ4v) is 2.74. The van der Waals surface area contributed by atoms with E-state index in [4.69, 9.17) is 9.47 Å². The Morgan fingerprint density at radius 3 is 3.32 bits per heavy atom. The lowest BCUT2D eigenvalue weighted by Crippen LogP contribution is -2.23. The summed E-state index contributed by atoms with van der Waals surface area (Å²) < 4.78 is 13.0. The average Bonchev–Trinajstić information content (AvgIpc) is 2.92. The van der Waals surface area contributed by atoms with Crippen molar-refractivity contribution in [1.29, 1.82) is 0 Å². The topological polar surface area (TPSA) is 48.7 Å². The summed E-state index contributed by atoms with van der Waals surface area (Å²) in [4.78, 5) is 4.17. The highest BCUT2D eigenvalue weighted by molar-refractivity contribution is 7.99. The largest absolute Gasteiger partial charge is 0.353 e. The van der Waals surface area contributed by atoms with E-state index in [9.17, 15) is 0 Å². The van der Waals surface area contributed by atoms with Crippen LogP contribution in [0.5, 0.6) is 0 Å². The van der Waals surface area contributed by atoms with Gasteiger partial charge in [-0.05, 0) is 31.4 Å². The van der Waals surface area contributed by atoms with Crippen molar-refractivity contribution in [3.8, 4) is 0 Å². The summed E-state index contributed by atoms with van der Waals surface area (Å²) in [5.74, 6) is 0.882. The number of nitrogens with zero attached hydrogens (tertiary/aromatic N) is 3. The molecule has 19 heavy (non-hydrogen) atoms. The summed E-state index contributed by atoms with van der Waals surface area (Å²) in [5.41, 5.74) is 0.871. The van der Waals surface area contributed by atoms with Crippen LogP contribution in [0.1, 0.15) is 19.3 Å². The van der Waals surface area contributed by atoms with Crippen molar-refractivity contribution in [1.82, 2.24) is 14.6 Å². The molecule has 102 valence electrons. The van der Waals surface area contributed by atoms with Crippen molar-refractivity contribution in [3.05, 3.63) is 24.5 Å². The van der Waals surface area contributed by atoms with Gasteiger partial charge in [0.05, 0.1) is 6.61 Å². The second-order valence-corrected chi connectivity index (χ2v) is 5.53. The molecule has 0 amide bonds. The molecule has 3 rings (SSSR count). The van der Waals surface area contributed by atoms with E-state index in [0.29, 0.717) is 6.61 Å². The number of imidazole rings is 1. The zero-order chi connectivity index (χ0) is 12.9. The second kappa shape index (κ2) is 6.36. The molecule has 0 saturated carbocycles. The molecule has 5 nitrogen and oxygen atoms in total. The summed E-state index contributed by atoms with van der Waals surface area (Å²) in [6.45, 7) is 1.52. The van der Waals surface area contributed by atoms with Crippen LogP contribution in [-0.2, 0) is 9.47 Å². The molecule has 0 radical (unpaired) electrons. The maximum Gasteiger partial charge on any atom is 0.157 e. The first-order chi connectivity index (χ1) is 9.42. The van der Waals surface area contributed by atoms with E-state index in [2.05, 4.69) is 10.1 Å². The van der Waals surface area contributed by atoms with E-state index in [1.807, 2.05) is 18.3 Å². The molecule has 2 aromatic heterocycles. The van der Waals surface area contributed by atoms with Crippen LogP contribution in [0.4, 0.5) is 0 Å². The summed E-state index contributed by atoms with van der Waals surface area (Å²) in [6.07, 6.45) is 6.98. The van der Waals surface area contributed by atoms with Crippen LogP contribution in [0.25, 0.3) is 5.65 Å². The van der Waals surface area contributed by atoms with Crippen LogP contribution in [0.15, 0.2) is 29.6 Å². The van der Waals surface area contributed by atoms with Gasteiger partial charge in [-0.3, -0.25) is 0 Å². The summed E-state index contributed by atoms with van der Waals surface area (Å²) in [7, 11) is 0. The molecule has 1 aliphatic heterocycles. The number of aromatic nitrogens is 3. The first-order valence-electron chi connectivity index (χ1n) is 6.58. The number of hydrogen-bond donors (Lipinski definition) is 0. The van der Waals surface area contributed by atoms with Crippen LogP contribution in [-0.4, -0.2) is 39.9 Å². The van der Waals surface area contributed by atoms with Gasteiger partial charge in [-0.1, -0.05) is 0 Å². The highest BCUT2D eigenvalue weighted by atomic mass is 32.2. The third-order valence-electron chi connectivity index (χ3n) is 3.01. The van der Waals surface area contributed by atoms with Gasteiger partial charge in [-0.25, -0.2) is 9.50 Å². The second-order valence-electron chi connectivity index (χ2n) is 4.42. The van der Waals surface area contributed by atoms with Crippen molar-refractivity contribution < 1.29 is 9.47 Å². The molecule has 1 atom stereocenters. The zero-order valence-electron chi connectivity index (χ0n) is 10.7. The lowest BCUT2D eigenvalue weighted by molar-refractivity contribution is -0.158. The van der Waals surface area contributed by atoms with Gasteiger partial charge in [0.25, 0.3) is 0 Å².